The predicted octanol–water partition coefficient (Wildman–Crippen LogP) is 0.804. The van der Waals surface area contributed by atoms with E-state index in [2.05, 4.69) is 0 Å². The quantitative estimate of drug-likeness (QED) is 0.586. The molecular formula is C12H14O5. The topological polar surface area (TPSA) is 72.8 Å². The third-order valence-corrected chi connectivity index (χ3v) is 1.98. The summed E-state index contributed by atoms with van der Waals surface area (Å²) in [6.07, 6.45) is 0. The van der Waals surface area contributed by atoms with E-state index in [1.165, 1.54) is 12.1 Å². The van der Waals surface area contributed by atoms with Gasteiger partial charge in [0.1, 0.15) is 12.4 Å². The molecule has 1 aromatic rings. The average Bonchev–Trinajstić information content (AvgIpc) is 2.36. The lowest BCUT2D eigenvalue weighted by molar-refractivity contribution is -0.145. The van der Waals surface area contributed by atoms with Gasteiger partial charge in [-0.2, -0.15) is 0 Å². The van der Waals surface area contributed by atoms with Gasteiger partial charge in [-0.05, 0) is 31.2 Å². The molecule has 0 aliphatic carbocycles. The number of hydrogen-bond acceptors (Lipinski definition) is 5. The molecule has 0 radical (unpaired) electrons. The minimum Gasteiger partial charge on any atom is -0.482 e. The van der Waals surface area contributed by atoms with Crippen molar-refractivity contribution in [3.8, 4) is 5.75 Å². The molecule has 0 amide bonds. The first-order valence-corrected chi connectivity index (χ1v) is 5.20. The van der Waals surface area contributed by atoms with Gasteiger partial charge in [-0.1, -0.05) is 0 Å². The summed E-state index contributed by atoms with van der Waals surface area (Å²) in [6, 6.07) is 6.17. The molecule has 0 unspecified atom stereocenters. The van der Waals surface area contributed by atoms with E-state index in [1.54, 1.807) is 19.1 Å². The monoisotopic (exact) mass is 238 g/mol. The molecular weight excluding hydrogens is 224 g/mol. The van der Waals surface area contributed by atoms with Crippen molar-refractivity contribution in [3.05, 3.63) is 29.8 Å². The molecule has 0 spiro atoms. The van der Waals surface area contributed by atoms with Crippen LogP contribution in [0.4, 0.5) is 0 Å². The minimum absolute atomic E-state index is 0.166. The zero-order valence-electron chi connectivity index (χ0n) is 9.51. The maximum absolute atomic E-state index is 11.1. The van der Waals surface area contributed by atoms with Crippen LogP contribution in [0.5, 0.6) is 5.75 Å². The third kappa shape index (κ3) is 4.24. The molecule has 0 saturated heterocycles. The number of aliphatic hydroxyl groups is 1. The molecule has 0 aliphatic heterocycles. The third-order valence-electron chi connectivity index (χ3n) is 1.98. The van der Waals surface area contributed by atoms with Crippen molar-refractivity contribution in [2.24, 2.45) is 0 Å². The summed E-state index contributed by atoms with van der Waals surface area (Å²) in [5.41, 5.74) is 0.399. The molecule has 1 aromatic carbocycles. The Balaban J connectivity index is 2.51. The normalized spacial score (nSPS) is 9.76. The van der Waals surface area contributed by atoms with Crippen molar-refractivity contribution in [2.75, 3.05) is 19.8 Å². The summed E-state index contributed by atoms with van der Waals surface area (Å²) in [4.78, 5) is 22.1. The van der Waals surface area contributed by atoms with Crippen LogP contribution < -0.4 is 4.74 Å². The molecule has 17 heavy (non-hydrogen) atoms. The van der Waals surface area contributed by atoms with E-state index >= 15 is 0 Å². The zero-order chi connectivity index (χ0) is 12.7. The number of rotatable bonds is 6. The van der Waals surface area contributed by atoms with Crippen molar-refractivity contribution in [1.82, 2.24) is 0 Å². The van der Waals surface area contributed by atoms with Crippen LogP contribution >= 0.6 is 0 Å². The molecule has 92 valence electrons. The Morgan fingerprint density at radius 3 is 2.41 bits per heavy atom. The van der Waals surface area contributed by atoms with Crippen LogP contribution in [-0.2, 0) is 9.53 Å². The van der Waals surface area contributed by atoms with Gasteiger partial charge in [0, 0.05) is 5.56 Å². The van der Waals surface area contributed by atoms with Crippen LogP contribution in [0.3, 0.4) is 0 Å². The van der Waals surface area contributed by atoms with E-state index in [4.69, 9.17) is 14.6 Å². The van der Waals surface area contributed by atoms with Gasteiger partial charge in [-0.15, -0.1) is 0 Å². The van der Waals surface area contributed by atoms with Gasteiger partial charge < -0.3 is 14.6 Å². The Hall–Kier alpha value is -1.88. The number of carbonyl (C=O) groups is 2. The van der Waals surface area contributed by atoms with Gasteiger partial charge in [0.05, 0.1) is 6.61 Å². The van der Waals surface area contributed by atoms with Crippen molar-refractivity contribution >= 4 is 11.8 Å². The fourth-order valence-electron chi connectivity index (χ4n) is 1.17. The van der Waals surface area contributed by atoms with Crippen LogP contribution in [0.2, 0.25) is 0 Å². The summed E-state index contributed by atoms with van der Waals surface area (Å²) in [6.45, 7) is 1.34. The highest BCUT2D eigenvalue weighted by atomic mass is 16.6. The van der Waals surface area contributed by atoms with Crippen molar-refractivity contribution in [2.45, 2.75) is 6.92 Å². The Kier molecular flexibility index (Phi) is 5.16. The van der Waals surface area contributed by atoms with Gasteiger partial charge in [0.2, 0.25) is 0 Å². The Morgan fingerprint density at radius 2 is 1.88 bits per heavy atom. The molecule has 0 atom stereocenters. The van der Waals surface area contributed by atoms with Crippen LogP contribution in [0.1, 0.15) is 17.3 Å². The van der Waals surface area contributed by atoms with E-state index in [0.717, 1.165) is 0 Å². The molecule has 0 aliphatic rings. The summed E-state index contributed by atoms with van der Waals surface area (Å²) >= 11 is 0. The number of ketones is 1. The first kappa shape index (κ1) is 13.2. The second-order valence-corrected chi connectivity index (χ2v) is 3.20. The van der Waals surface area contributed by atoms with E-state index < -0.39 is 12.6 Å². The number of Topliss-reactive ketones (excluding diaryl/α,β-unsaturated/α-hetero) is 1. The summed E-state index contributed by atoms with van der Waals surface area (Å²) in [7, 11) is 0. The smallest absolute Gasteiger partial charge is 0.344 e. The van der Waals surface area contributed by atoms with Crippen LogP contribution in [0, 0.1) is 0 Å². The van der Waals surface area contributed by atoms with Crippen LogP contribution in [-0.4, -0.2) is 36.7 Å². The lowest BCUT2D eigenvalue weighted by Crippen LogP contribution is -2.14. The van der Waals surface area contributed by atoms with E-state index in [-0.39, 0.29) is 12.4 Å². The fourth-order valence-corrected chi connectivity index (χ4v) is 1.17. The number of carbonyl (C=O) groups excluding carboxylic acids is 2. The zero-order valence-corrected chi connectivity index (χ0v) is 9.51. The molecule has 0 aromatic heterocycles. The predicted molar refractivity (Wildman–Crippen MR) is 60.0 cm³/mol. The highest BCUT2D eigenvalue weighted by molar-refractivity contribution is 5.96. The SMILES string of the molecule is CCOC(=O)COc1ccc(C(=O)CO)cc1. The molecule has 0 fully saturated rings. The highest BCUT2D eigenvalue weighted by Gasteiger charge is 2.05. The van der Waals surface area contributed by atoms with Crippen LogP contribution in [0.25, 0.3) is 0 Å². The Morgan fingerprint density at radius 1 is 1.24 bits per heavy atom. The second-order valence-electron chi connectivity index (χ2n) is 3.20. The van der Waals surface area contributed by atoms with Gasteiger partial charge in [0.25, 0.3) is 0 Å². The standard InChI is InChI=1S/C12H14O5/c1-2-16-12(15)8-17-10-5-3-9(4-6-10)11(14)7-13/h3-6,13H,2,7-8H2,1H3. The molecule has 0 heterocycles. The molecule has 0 saturated carbocycles. The molecule has 0 bridgehead atoms. The number of esters is 1. The van der Waals surface area contributed by atoms with E-state index in [0.29, 0.717) is 17.9 Å². The number of aliphatic hydroxyl groups excluding tert-OH is 1. The molecule has 5 heteroatoms. The van der Waals surface area contributed by atoms with Gasteiger partial charge in [-0.25, -0.2) is 4.79 Å². The lowest BCUT2D eigenvalue weighted by atomic mass is 10.1. The van der Waals surface area contributed by atoms with E-state index in [1.807, 2.05) is 0 Å². The molecule has 1 rings (SSSR count). The summed E-state index contributed by atoms with van der Waals surface area (Å²) in [5, 5.41) is 8.65. The Bertz CT molecular complexity index is 382. The van der Waals surface area contributed by atoms with Crippen molar-refractivity contribution in [3.63, 3.8) is 0 Å². The number of ether oxygens (including phenoxy) is 2. The van der Waals surface area contributed by atoms with Gasteiger partial charge in [0.15, 0.2) is 12.4 Å². The minimum atomic E-state index is -0.525. The van der Waals surface area contributed by atoms with Crippen LogP contribution in [0.15, 0.2) is 24.3 Å². The molecule has 1 N–H and O–H groups in total. The Labute approximate surface area is 99.0 Å². The highest BCUT2D eigenvalue weighted by Crippen LogP contribution is 2.12. The average molecular weight is 238 g/mol. The van der Waals surface area contributed by atoms with Gasteiger partial charge >= 0.3 is 5.97 Å². The summed E-state index contributed by atoms with van der Waals surface area (Å²) < 4.78 is 9.83. The van der Waals surface area contributed by atoms with Gasteiger partial charge in [-0.3, -0.25) is 4.79 Å². The maximum Gasteiger partial charge on any atom is 0.344 e. The second kappa shape index (κ2) is 6.65. The largest absolute Gasteiger partial charge is 0.482 e. The van der Waals surface area contributed by atoms with Crippen molar-refractivity contribution < 1.29 is 24.2 Å². The number of benzene rings is 1. The van der Waals surface area contributed by atoms with Crippen molar-refractivity contribution in [1.29, 1.82) is 0 Å². The number of hydrogen-bond donors (Lipinski definition) is 1. The summed E-state index contributed by atoms with van der Waals surface area (Å²) in [5.74, 6) is -0.336. The lowest BCUT2D eigenvalue weighted by Gasteiger charge is -2.06. The first-order valence-electron chi connectivity index (χ1n) is 5.20. The fraction of sp³-hybridized carbons (Fsp3) is 0.333. The first-order chi connectivity index (χ1) is 8.17. The maximum atomic E-state index is 11.1. The van der Waals surface area contributed by atoms with E-state index in [9.17, 15) is 9.59 Å². The molecule has 5 nitrogen and oxygen atoms in total.